The Labute approximate surface area is 219 Å². The predicted octanol–water partition coefficient (Wildman–Crippen LogP) is 4.86. The molecule has 0 N–H and O–H groups in total. The third kappa shape index (κ3) is 4.93. The van der Waals surface area contributed by atoms with Gasteiger partial charge in [0.15, 0.2) is 5.17 Å². The van der Waals surface area contributed by atoms with Crippen LogP contribution >= 0.6 is 23.4 Å². The van der Waals surface area contributed by atoms with Crippen molar-refractivity contribution >= 4 is 46.1 Å². The van der Waals surface area contributed by atoms with E-state index in [4.69, 9.17) is 26.1 Å². The van der Waals surface area contributed by atoms with Gasteiger partial charge in [0, 0.05) is 29.4 Å². The molecule has 0 saturated carbocycles. The number of halogens is 1. The van der Waals surface area contributed by atoms with Gasteiger partial charge in [-0.15, -0.1) is 0 Å². The molecule has 1 amide bonds. The molecule has 0 radical (unpaired) electrons. The lowest BCUT2D eigenvalue weighted by Gasteiger charge is -2.37. The fourth-order valence-corrected chi connectivity index (χ4v) is 5.57. The minimum atomic E-state index is -0.525. The Kier molecular flexibility index (Phi) is 7.46. The first-order chi connectivity index (χ1) is 17.6. The van der Waals surface area contributed by atoms with Crippen LogP contribution in [0.25, 0.3) is 5.70 Å². The topological polar surface area (TPSA) is 71.4 Å². The van der Waals surface area contributed by atoms with Crippen LogP contribution in [0.15, 0.2) is 76.3 Å². The molecule has 0 bridgehead atoms. The highest BCUT2D eigenvalue weighted by Crippen LogP contribution is 2.47. The molecule has 1 saturated heterocycles. The number of amidine groups is 1. The second-order valence-corrected chi connectivity index (χ2v) is 9.74. The van der Waals surface area contributed by atoms with Crippen molar-refractivity contribution in [2.45, 2.75) is 19.4 Å². The molecule has 2 aromatic rings. The highest BCUT2D eigenvalue weighted by Gasteiger charge is 2.42. The van der Waals surface area contributed by atoms with Crippen molar-refractivity contribution in [3.05, 3.63) is 87.4 Å². The number of fused-ring (bicyclic) bond motifs is 1. The highest BCUT2D eigenvalue weighted by atomic mass is 35.5. The van der Waals surface area contributed by atoms with Gasteiger partial charge in [-0.25, -0.2) is 9.79 Å². The maximum Gasteiger partial charge on any atom is 0.338 e. The monoisotopic (exact) mass is 523 g/mol. The van der Waals surface area contributed by atoms with Crippen LogP contribution in [0.3, 0.4) is 0 Å². The molecule has 3 heterocycles. The number of hydrogen-bond donors (Lipinski definition) is 0. The summed E-state index contributed by atoms with van der Waals surface area (Å²) < 4.78 is 10.9. The van der Waals surface area contributed by atoms with Gasteiger partial charge in [0.2, 0.25) is 5.91 Å². The van der Waals surface area contributed by atoms with Gasteiger partial charge in [0.1, 0.15) is 0 Å². The summed E-state index contributed by atoms with van der Waals surface area (Å²) in [5, 5.41) is 3.27. The number of nitrogens with zero attached hydrogens (tertiary/aromatic N) is 3. The number of ether oxygens (including phenoxy) is 2. The minimum absolute atomic E-state index is 0.0248. The van der Waals surface area contributed by atoms with E-state index in [1.165, 1.54) is 11.8 Å². The van der Waals surface area contributed by atoms with Crippen LogP contribution < -0.4 is 0 Å². The van der Waals surface area contributed by atoms with Crippen molar-refractivity contribution in [3.8, 4) is 0 Å². The fraction of sp³-hybridized carbons (Fsp3) is 0.296. The first-order valence-electron chi connectivity index (χ1n) is 11.9. The summed E-state index contributed by atoms with van der Waals surface area (Å²) >= 11 is 7.66. The molecule has 7 nitrogen and oxygen atoms in total. The third-order valence-electron chi connectivity index (χ3n) is 6.23. The van der Waals surface area contributed by atoms with E-state index in [2.05, 4.69) is 0 Å². The van der Waals surface area contributed by atoms with Crippen molar-refractivity contribution in [1.82, 2.24) is 9.80 Å². The first kappa shape index (κ1) is 24.6. The van der Waals surface area contributed by atoms with E-state index >= 15 is 0 Å². The number of aliphatic imine (C=N–C) groups is 1. The number of carbonyl (C=O) groups is 2. The highest BCUT2D eigenvalue weighted by molar-refractivity contribution is 8.16. The lowest BCUT2D eigenvalue weighted by molar-refractivity contribution is -0.139. The smallest absolute Gasteiger partial charge is 0.338 e. The van der Waals surface area contributed by atoms with E-state index in [1.54, 1.807) is 19.1 Å². The Balaban J connectivity index is 1.60. The first-order valence-corrected chi connectivity index (χ1v) is 13.1. The molecule has 0 aromatic heterocycles. The van der Waals surface area contributed by atoms with E-state index < -0.39 is 12.0 Å². The molecular weight excluding hydrogens is 498 g/mol. The molecule has 9 heteroatoms. The number of rotatable bonds is 6. The molecule has 2 aromatic carbocycles. The van der Waals surface area contributed by atoms with Crippen molar-refractivity contribution in [2.24, 2.45) is 4.99 Å². The molecule has 0 unspecified atom stereocenters. The Morgan fingerprint density at radius 2 is 1.83 bits per heavy atom. The van der Waals surface area contributed by atoms with Crippen LogP contribution in [0.5, 0.6) is 0 Å². The number of esters is 1. The molecule has 36 heavy (non-hydrogen) atoms. The molecule has 1 atom stereocenters. The van der Waals surface area contributed by atoms with Crippen LogP contribution in [0.1, 0.15) is 30.5 Å². The van der Waals surface area contributed by atoms with Crippen LogP contribution in [-0.2, 0) is 19.1 Å². The molecule has 186 valence electrons. The molecule has 3 aliphatic heterocycles. The van der Waals surface area contributed by atoms with Crippen molar-refractivity contribution in [3.63, 3.8) is 0 Å². The number of hydrogen-bond acceptors (Lipinski definition) is 7. The maximum atomic E-state index is 13.5. The van der Waals surface area contributed by atoms with Gasteiger partial charge in [0.05, 0.1) is 43.6 Å². The van der Waals surface area contributed by atoms with E-state index in [0.29, 0.717) is 47.8 Å². The van der Waals surface area contributed by atoms with Gasteiger partial charge in [-0.2, -0.15) is 0 Å². The standard InChI is InChI=1S/C27H26ClN3O4S/c1-2-35-26(33)23-24(18-6-4-3-5-7-18)29-27-31(25(23)19-8-10-20(28)11-9-19)21(17-36-27)16-22(32)30-12-14-34-15-13-30/h3-11,17,25H,2,12-16H2,1H3/t25-/m0/s1. The molecular formula is C27H26ClN3O4S. The fourth-order valence-electron chi connectivity index (χ4n) is 4.53. The Morgan fingerprint density at radius 3 is 2.53 bits per heavy atom. The van der Waals surface area contributed by atoms with E-state index in [0.717, 1.165) is 16.8 Å². The van der Waals surface area contributed by atoms with Gasteiger partial charge in [-0.3, -0.25) is 4.79 Å². The quantitative estimate of drug-likeness (QED) is 0.503. The lowest BCUT2D eigenvalue weighted by atomic mass is 9.91. The summed E-state index contributed by atoms with van der Waals surface area (Å²) in [7, 11) is 0. The SMILES string of the molecule is CCOC(=O)C1=C(c2ccccc2)N=C2SC=C(CC(=O)N3CCOCC3)N2[C@H]1c1ccc(Cl)cc1. The van der Waals surface area contributed by atoms with E-state index in [-0.39, 0.29) is 18.9 Å². The van der Waals surface area contributed by atoms with Crippen LogP contribution in [0, 0.1) is 0 Å². The van der Waals surface area contributed by atoms with Gasteiger partial charge in [-0.1, -0.05) is 65.8 Å². The zero-order valence-electron chi connectivity index (χ0n) is 19.9. The zero-order chi connectivity index (χ0) is 25.1. The van der Waals surface area contributed by atoms with Crippen LogP contribution in [0.2, 0.25) is 5.02 Å². The van der Waals surface area contributed by atoms with Gasteiger partial charge in [-0.05, 0) is 30.0 Å². The summed E-state index contributed by atoms with van der Waals surface area (Å²) in [6, 6.07) is 16.5. The molecule has 5 rings (SSSR count). The Hall–Kier alpha value is -3.07. The molecule has 1 fully saturated rings. The zero-order valence-corrected chi connectivity index (χ0v) is 21.4. The Bertz CT molecular complexity index is 1240. The normalized spacial score (nSPS) is 19.6. The molecule has 0 spiro atoms. The van der Waals surface area contributed by atoms with Crippen molar-refractivity contribution < 1.29 is 19.1 Å². The number of thioether (sulfide) groups is 1. The minimum Gasteiger partial charge on any atom is -0.463 e. The number of morpholine rings is 1. The lowest BCUT2D eigenvalue weighted by Crippen LogP contribution is -2.42. The Morgan fingerprint density at radius 1 is 1.11 bits per heavy atom. The number of benzene rings is 2. The summed E-state index contributed by atoms with van der Waals surface area (Å²) in [4.78, 5) is 35.4. The van der Waals surface area contributed by atoms with Crippen molar-refractivity contribution in [2.75, 3.05) is 32.9 Å². The second kappa shape index (κ2) is 10.9. The van der Waals surface area contributed by atoms with Crippen LogP contribution in [0.4, 0.5) is 0 Å². The second-order valence-electron chi connectivity index (χ2n) is 8.46. The van der Waals surface area contributed by atoms with Crippen LogP contribution in [-0.4, -0.2) is 59.8 Å². The van der Waals surface area contributed by atoms with Gasteiger partial charge < -0.3 is 19.3 Å². The molecule has 0 aliphatic carbocycles. The van der Waals surface area contributed by atoms with E-state index in [1.807, 2.05) is 57.7 Å². The average molecular weight is 524 g/mol. The summed E-state index contributed by atoms with van der Waals surface area (Å²) in [6.45, 7) is 4.26. The summed E-state index contributed by atoms with van der Waals surface area (Å²) in [5.41, 5.74) is 3.48. The third-order valence-corrected chi connectivity index (χ3v) is 7.38. The average Bonchev–Trinajstić information content (AvgIpc) is 3.31. The maximum absolute atomic E-state index is 13.5. The predicted molar refractivity (Wildman–Crippen MR) is 141 cm³/mol. The molecule has 3 aliphatic rings. The summed E-state index contributed by atoms with van der Waals surface area (Å²) in [5.74, 6) is -0.411. The van der Waals surface area contributed by atoms with E-state index in [9.17, 15) is 9.59 Å². The van der Waals surface area contributed by atoms with Gasteiger partial charge in [0.25, 0.3) is 0 Å². The van der Waals surface area contributed by atoms with Gasteiger partial charge >= 0.3 is 5.97 Å². The number of carbonyl (C=O) groups excluding carboxylic acids is 2. The summed E-state index contributed by atoms with van der Waals surface area (Å²) in [6.07, 6.45) is 0.201. The van der Waals surface area contributed by atoms with Crippen molar-refractivity contribution in [1.29, 1.82) is 0 Å². The number of amides is 1. The largest absolute Gasteiger partial charge is 0.463 e.